The molecule has 0 aromatic heterocycles. The molecule has 4 atom stereocenters. The van der Waals surface area contributed by atoms with Crippen LogP contribution in [0.1, 0.15) is 44.9 Å². The van der Waals surface area contributed by atoms with Crippen LogP contribution in [-0.2, 0) is 4.79 Å². The van der Waals surface area contributed by atoms with Crippen LogP contribution < -0.4 is 22.1 Å². The lowest BCUT2D eigenvalue weighted by atomic mass is 9.93. The zero-order valence-corrected chi connectivity index (χ0v) is 13.9. The number of carbonyl (C=O) groups excluding carboxylic acids is 2. The zero-order valence-electron chi connectivity index (χ0n) is 13.1. The van der Waals surface area contributed by atoms with Crippen molar-refractivity contribution in [2.24, 2.45) is 17.4 Å². The van der Waals surface area contributed by atoms with Crippen molar-refractivity contribution in [3.63, 3.8) is 0 Å². The smallest absolute Gasteiger partial charge is 0.315 e. The molecule has 2 fully saturated rings. The van der Waals surface area contributed by atoms with E-state index in [0.29, 0.717) is 11.8 Å². The highest BCUT2D eigenvalue weighted by Gasteiger charge is 2.42. The molecule has 0 bridgehead atoms. The fraction of sp³-hybridized carbons (Fsp3) is 0.867. The molecule has 2 heterocycles. The molecule has 0 aromatic rings. The SMILES string of the molecule is NCCCCCC(CCC[C@@H]1SC[C@@H]2NC(=O)N[C@@H]21)C(N)=O. The Morgan fingerprint density at radius 3 is 2.73 bits per heavy atom. The average Bonchev–Trinajstić information content (AvgIpc) is 3.01. The number of fused-ring (bicyclic) bond motifs is 1. The molecule has 2 aliphatic heterocycles. The van der Waals surface area contributed by atoms with Crippen molar-refractivity contribution >= 4 is 23.7 Å². The molecule has 1 unspecified atom stereocenters. The number of rotatable bonds is 10. The van der Waals surface area contributed by atoms with Gasteiger partial charge in [0.1, 0.15) is 0 Å². The maximum absolute atomic E-state index is 11.5. The van der Waals surface area contributed by atoms with Gasteiger partial charge in [0.05, 0.1) is 12.1 Å². The van der Waals surface area contributed by atoms with Crippen molar-refractivity contribution in [3.05, 3.63) is 0 Å². The number of unbranched alkanes of at least 4 members (excludes halogenated alkanes) is 2. The summed E-state index contributed by atoms with van der Waals surface area (Å²) in [7, 11) is 0. The summed E-state index contributed by atoms with van der Waals surface area (Å²) in [5.41, 5.74) is 11.0. The topological polar surface area (TPSA) is 110 Å². The molecule has 0 aliphatic carbocycles. The first-order valence-corrected chi connectivity index (χ1v) is 9.34. The number of hydrogen-bond acceptors (Lipinski definition) is 4. The Hall–Kier alpha value is -0.950. The molecule has 6 nitrogen and oxygen atoms in total. The first-order valence-electron chi connectivity index (χ1n) is 8.30. The van der Waals surface area contributed by atoms with Gasteiger partial charge in [0.25, 0.3) is 0 Å². The van der Waals surface area contributed by atoms with Gasteiger partial charge in [-0.2, -0.15) is 11.8 Å². The maximum Gasteiger partial charge on any atom is 0.315 e. The first-order chi connectivity index (χ1) is 10.6. The minimum absolute atomic E-state index is 0.0173. The summed E-state index contributed by atoms with van der Waals surface area (Å²) >= 11 is 1.91. The molecule has 0 radical (unpaired) electrons. The summed E-state index contributed by atoms with van der Waals surface area (Å²) in [6.07, 6.45) is 6.85. The normalized spacial score (nSPS) is 28.0. The molecule has 0 saturated carbocycles. The van der Waals surface area contributed by atoms with Gasteiger partial charge in [-0.15, -0.1) is 0 Å². The minimum atomic E-state index is -0.180. The van der Waals surface area contributed by atoms with Gasteiger partial charge < -0.3 is 22.1 Å². The summed E-state index contributed by atoms with van der Waals surface area (Å²) in [6.45, 7) is 0.711. The van der Waals surface area contributed by atoms with Gasteiger partial charge in [-0.25, -0.2) is 4.79 Å². The number of thioether (sulfide) groups is 1. The van der Waals surface area contributed by atoms with Gasteiger partial charge in [-0.05, 0) is 32.2 Å². The van der Waals surface area contributed by atoms with Gasteiger partial charge in [-0.3, -0.25) is 4.79 Å². The maximum atomic E-state index is 11.5. The molecule has 2 saturated heterocycles. The molecular weight excluding hydrogens is 300 g/mol. The Labute approximate surface area is 136 Å². The molecule has 126 valence electrons. The summed E-state index contributed by atoms with van der Waals surface area (Å²) in [5, 5.41) is 6.40. The molecule has 22 heavy (non-hydrogen) atoms. The number of urea groups is 1. The average molecular weight is 328 g/mol. The predicted molar refractivity (Wildman–Crippen MR) is 89.5 cm³/mol. The van der Waals surface area contributed by atoms with Gasteiger partial charge in [0, 0.05) is 16.9 Å². The van der Waals surface area contributed by atoms with E-state index in [0.717, 1.165) is 50.7 Å². The van der Waals surface area contributed by atoms with E-state index in [2.05, 4.69) is 10.6 Å². The molecule has 0 spiro atoms. The lowest BCUT2D eigenvalue weighted by Gasteiger charge is -2.18. The Kier molecular flexibility index (Phi) is 6.82. The van der Waals surface area contributed by atoms with Crippen molar-refractivity contribution in [2.75, 3.05) is 12.3 Å². The summed E-state index contributed by atoms with van der Waals surface area (Å²) < 4.78 is 0. The highest BCUT2D eigenvalue weighted by molar-refractivity contribution is 8.00. The number of nitrogens with two attached hydrogens (primary N) is 2. The molecule has 2 aliphatic rings. The molecule has 6 N–H and O–H groups in total. The Morgan fingerprint density at radius 1 is 1.23 bits per heavy atom. The molecule has 3 amide bonds. The van der Waals surface area contributed by atoms with Crippen LogP contribution in [0.25, 0.3) is 0 Å². The second-order valence-electron chi connectivity index (χ2n) is 6.29. The van der Waals surface area contributed by atoms with Crippen molar-refractivity contribution in [2.45, 2.75) is 62.3 Å². The first kappa shape index (κ1) is 17.4. The van der Waals surface area contributed by atoms with E-state index in [1.54, 1.807) is 0 Å². The van der Waals surface area contributed by atoms with Crippen LogP contribution in [0.3, 0.4) is 0 Å². The van der Waals surface area contributed by atoms with E-state index in [1.165, 1.54) is 0 Å². The van der Waals surface area contributed by atoms with Gasteiger partial charge in [0.2, 0.25) is 5.91 Å². The summed E-state index contributed by atoms with van der Waals surface area (Å²) in [5.74, 6) is 0.781. The Bertz CT molecular complexity index is 394. The van der Waals surface area contributed by atoms with E-state index in [9.17, 15) is 9.59 Å². The van der Waals surface area contributed by atoms with Crippen LogP contribution in [0.5, 0.6) is 0 Å². The molecule has 2 rings (SSSR count). The largest absolute Gasteiger partial charge is 0.369 e. The van der Waals surface area contributed by atoms with Crippen molar-refractivity contribution in [1.82, 2.24) is 10.6 Å². The van der Waals surface area contributed by atoms with Crippen LogP contribution in [-0.4, -0.2) is 41.6 Å². The van der Waals surface area contributed by atoms with Crippen molar-refractivity contribution in [3.8, 4) is 0 Å². The highest BCUT2D eigenvalue weighted by Crippen LogP contribution is 2.33. The number of amides is 3. The van der Waals surface area contributed by atoms with Gasteiger partial charge in [0.15, 0.2) is 0 Å². The third-order valence-electron chi connectivity index (χ3n) is 4.64. The van der Waals surface area contributed by atoms with Crippen molar-refractivity contribution in [1.29, 1.82) is 0 Å². The minimum Gasteiger partial charge on any atom is -0.369 e. The molecular formula is C15H28N4O2S. The third-order valence-corrected chi connectivity index (χ3v) is 6.15. The summed E-state index contributed by atoms with van der Waals surface area (Å²) in [4.78, 5) is 22.9. The predicted octanol–water partition coefficient (Wildman–Crippen LogP) is 0.943. The number of primary amides is 1. The standard InChI is InChI=1S/C15H28N4O2S/c16-8-3-1-2-5-10(14(17)20)6-4-7-12-13-11(9-22-12)18-15(21)19-13/h10-13H,1-9,16H2,(H2,17,20)(H2,18,19,21)/t10?,11-,12-,13-/m0/s1. The Balaban J connectivity index is 1.67. The highest BCUT2D eigenvalue weighted by atomic mass is 32.2. The number of nitrogens with one attached hydrogen (secondary N) is 2. The van der Waals surface area contributed by atoms with Crippen molar-refractivity contribution < 1.29 is 9.59 Å². The van der Waals surface area contributed by atoms with Crippen LogP contribution in [0.2, 0.25) is 0 Å². The van der Waals surface area contributed by atoms with E-state index >= 15 is 0 Å². The number of hydrogen-bond donors (Lipinski definition) is 4. The zero-order chi connectivity index (χ0) is 15.9. The summed E-state index contributed by atoms with van der Waals surface area (Å²) in [6, 6.07) is 0.468. The lowest BCUT2D eigenvalue weighted by molar-refractivity contribution is -0.122. The van der Waals surface area contributed by atoms with Crippen LogP contribution in [0.4, 0.5) is 4.79 Å². The second-order valence-corrected chi connectivity index (χ2v) is 7.56. The van der Waals surface area contributed by atoms with Crippen LogP contribution in [0.15, 0.2) is 0 Å². The van der Waals surface area contributed by atoms with Crippen LogP contribution in [0, 0.1) is 5.92 Å². The fourth-order valence-electron chi connectivity index (χ4n) is 3.35. The molecule has 7 heteroatoms. The third kappa shape index (κ3) is 4.78. The van der Waals surface area contributed by atoms with Crippen LogP contribution >= 0.6 is 11.8 Å². The van der Waals surface area contributed by atoms with E-state index in [4.69, 9.17) is 11.5 Å². The van der Waals surface area contributed by atoms with E-state index < -0.39 is 0 Å². The van der Waals surface area contributed by atoms with E-state index in [-0.39, 0.29) is 29.9 Å². The monoisotopic (exact) mass is 328 g/mol. The second kappa shape index (κ2) is 8.62. The van der Waals surface area contributed by atoms with Gasteiger partial charge in [-0.1, -0.05) is 19.3 Å². The Morgan fingerprint density at radius 2 is 2.00 bits per heavy atom. The fourth-order valence-corrected chi connectivity index (χ4v) is 4.89. The lowest BCUT2D eigenvalue weighted by Crippen LogP contribution is -2.36. The quantitative estimate of drug-likeness (QED) is 0.353. The molecule has 0 aromatic carbocycles. The van der Waals surface area contributed by atoms with Gasteiger partial charge >= 0.3 is 6.03 Å². The number of carbonyl (C=O) groups is 2. The van der Waals surface area contributed by atoms with E-state index in [1.807, 2.05) is 11.8 Å².